The van der Waals surface area contributed by atoms with E-state index in [2.05, 4.69) is 5.32 Å². The Labute approximate surface area is 244 Å². The molecule has 0 spiro atoms. The van der Waals surface area contributed by atoms with Crippen molar-refractivity contribution in [3.63, 3.8) is 0 Å². The molecular weight excluding hydrogens is 554 g/mol. The first-order chi connectivity index (χ1) is 20.3. The van der Waals surface area contributed by atoms with Crippen LogP contribution in [0.2, 0.25) is 0 Å². The van der Waals surface area contributed by atoms with Gasteiger partial charge in [-0.3, -0.25) is 13.9 Å². The topological polar surface area (TPSA) is 105 Å². The number of hydrogen-bond donors (Lipinski definition) is 1. The maximum Gasteiger partial charge on any atom is 0.264 e. The second-order valence-electron chi connectivity index (χ2n) is 10.0. The third-order valence-electron chi connectivity index (χ3n) is 7.47. The normalized spacial score (nSPS) is 13.8. The lowest BCUT2D eigenvalue weighted by molar-refractivity contribution is -0.118. The molecule has 10 heteroatoms. The molecule has 2 aliphatic rings. The van der Waals surface area contributed by atoms with Gasteiger partial charge in [0.1, 0.15) is 11.5 Å². The molecule has 4 aromatic rings. The fourth-order valence-corrected chi connectivity index (χ4v) is 6.80. The van der Waals surface area contributed by atoms with E-state index in [1.54, 1.807) is 60.5 Å². The fraction of sp³-hybridized carbons (Fsp3) is 0.188. The largest absolute Gasteiger partial charge is 0.497 e. The zero-order valence-corrected chi connectivity index (χ0v) is 23.8. The zero-order valence-electron chi connectivity index (χ0n) is 22.9. The Kier molecular flexibility index (Phi) is 7.30. The van der Waals surface area contributed by atoms with E-state index in [0.717, 1.165) is 23.2 Å². The number of amides is 2. The molecule has 2 amide bonds. The second kappa shape index (κ2) is 11.2. The summed E-state index contributed by atoms with van der Waals surface area (Å²) >= 11 is 0. The Balaban J connectivity index is 1.07. The van der Waals surface area contributed by atoms with Crippen LogP contribution in [0.3, 0.4) is 0 Å². The Bertz CT molecular complexity index is 1750. The van der Waals surface area contributed by atoms with E-state index in [9.17, 15) is 18.0 Å². The number of para-hydroxylation sites is 1. The molecule has 214 valence electrons. The van der Waals surface area contributed by atoms with Gasteiger partial charge in [0.2, 0.25) is 0 Å². The van der Waals surface area contributed by atoms with E-state index >= 15 is 0 Å². The lowest BCUT2D eigenvalue weighted by Gasteiger charge is -2.19. The number of anilines is 3. The van der Waals surface area contributed by atoms with Gasteiger partial charge >= 0.3 is 0 Å². The van der Waals surface area contributed by atoms with Gasteiger partial charge in [0, 0.05) is 30.0 Å². The number of ether oxygens (including phenoxy) is 2. The molecule has 42 heavy (non-hydrogen) atoms. The minimum absolute atomic E-state index is 0.123. The van der Waals surface area contributed by atoms with Gasteiger partial charge in [-0.15, -0.1) is 0 Å². The summed E-state index contributed by atoms with van der Waals surface area (Å²) in [4.78, 5) is 27.7. The summed E-state index contributed by atoms with van der Waals surface area (Å²) in [5.74, 6) is 0.542. The van der Waals surface area contributed by atoms with Crippen LogP contribution >= 0.6 is 0 Å². The number of nitrogens with one attached hydrogen (secondary N) is 1. The van der Waals surface area contributed by atoms with Crippen LogP contribution in [0.1, 0.15) is 21.5 Å². The van der Waals surface area contributed by atoms with Gasteiger partial charge in [-0.05, 0) is 90.7 Å². The molecule has 9 nitrogen and oxygen atoms in total. The quantitative estimate of drug-likeness (QED) is 0.323. The van der Waals surface area contributed by atoms with Crippen molar-refractivity contribution in [3.8, 4) is 11.5 Å². The van der Waals surface area contributed by atoms with Gasteiger partial charge in [-0.2, -0.15) is 0 Å². The van der Waals surface area contributed by atoms with Gasteiger partial charge in [0.25, 0.3) is 21.8 Å². The number of benzene rings is 4. The summed E-state index contributed by atoms with van der Waals surface area (Å²) in [6.45, 7) is 0.685. The molecule has 0 radical (unpaired) electrons. The summed E-state index contributed by atoms with van der Waals surface area (Å²) in [5.41, 5.74) is 4.59. The number of carbonyl (C=O) groups excluding carboxylic acids is 2. The van der Waals surface area contributed by atoms with E-state index in [1.807, 2.05) is 30.3 Å². The van der Waals surface area contributed by atoms with E-state index < -0.39 is 10.0 Å². The Morgan fingerprint density at radius 3 is 2.26 bits per heavy atom. The molecule has 0 aliphatic carbocycles. The van der Waals surface area contributed by atoms with Crippen LogP contribution in [-0.4, -0.2) is 47.0 Å². The minimum Gasteiger partial charge on any atom is -0.497 e. The predicted molar refractivity (Wildman–Crippen MR) is 160 cm³/mol. The van der Waals surface area contributed by atoms with Gasteiger partial charge in [0.05, 0.1) is 17.7 Å². The standard InChI is InChI=1S/C32H29N3O6S/c1-40-26-10-7-24(8-11-26)32(37)34-18-16-23-6-9-25(20-30(23)34)33-31(36)21-41-27-12-14-28(15-13-27)42(38,39)35-19-17-22-4-2-3-5-29(22)35/h2-15,20H,16-19,21H2,1H3,(H,33,36). The van der Waals surface area contributed by atoms with Crippen LogP contribution < -0.4 is 24.0 Å². The van der Waals surface area contributed by atoms with Crippen molar-refractivity contribution in [1.29, 1.82) is 0 Å². The first kappa shape index (κ1) is 27.3. The molecule has 1 N–H and O–H groups in total. The number of sulfonamides is 1. The highest BCUT2D eigenvalue weighted by Crippen LogP contribution is 2.34. The Hall–Kier alpha value is -4.83. The smallest absolute Gasteiger partial charge is 0.264 e. The Morgan fingerprint density at radius 2 is 1.50 bits per heavy atom. The molecule has 6 rings (SSSR count). The average molecular weight is 584 g/mol. The molecule has 0 saturated carbocycles. The minimum atomic E-state index is -3.71. The Morgan fingerprint density at radius 1 is 0.810 bits per heavy atom. The van der Waals surface area contributed by atoms with E-state index in [-0.39, 0.29) is 23.3 Å². The van der Waals surface area contributed by atoms with Crippen molar-refractivity contribution in [2.45, 2.75) is 17.7 Å². The number of rotatable bonds is 8. The van der Waals surface area contributed by atoms with E-state index in [1.165, 1.54) is 16.4 Å². The van der Waals surface area contributed by atoms with Crippen molar-refractivity contribution >= 4 is 38.9 Å². The summed E-state index contributed by atoms with van der Waals surface area (Å²) in [6.07, 6.45) is 1.40. The SMILES string of the molecule is COc1ccc(C(=O)N2CCc3ccc(NC(=O)COc4ccc(S(=O)(=O)N5CCc6ccccc65)cc4)cc32)cc1. The summed E-state index contributed by atoms with van der Waals surface area (Å²) in [6, 6.07) is 26.0. The molecule has 0 atom stereocenters. The molecule has 0 unspecified atom stereocenters. The molecule has 0 bridgehead atoms. The summed E-state index contributed by atoms with van der Waals surface area (Å²) in [5, 5.41) is 2.82. The number of nitrogens with zero attached hydrogens (tertiary/aromatic N) is 2. The zero-order chi connectivity index (χ0) is 29.3. The van der Waals surface area contributed by atoms with Crippen molar-refractivity contribution in [3.05, 3.63) is 108 Å². The second-order valence-corrected chi connectivity index (χ2v) is 11.9. The number of hydrogen-bond acceptors (Lipinski definition) is 6. The maximum atomic E-state index is 13.2. The molecule has 0 fully saturated rings. The van der Waals surface area contributed by atoms with Crippen LogP contribution in [0.4, 0.5) is 17.1 Å². The predicted octanol–water partition coefficient (Wildman–Crippen LogP) is 4.67. The maximum absolute atomic E-state index is 13.2. The van der Waals surface area contributed by atoms with Crippen molar-refractivity contribution < 1.29 is 27.5 Å². The van der Waals surface area contributed by atoms with Gasteiger partial charge < -0.3 is 19.7 Å². The number of fused-ring (bicyclic) bond motifs is 2. The van der Waals surface area contributed by atoms with Gasteiger partial charge in [0.15, 0.2) is 6.61 Å². The number of methoxy groups -OCH3 is 1. The third kappa shape index (κ3) is 5.28. The van der Waals surface area contributed by atoms with E-state index in [4.69, 9.17) is 9.47 Å². The molecule has 4 aromatic carbocycles. The van der Waals surface area contributed by atoms with Gasteiger partial charge in [-0.25, -0.2) is 8.42 Å². The fourth-order valence-electron chi connectivity index (χ4n) is 5.30. The molecule has 2 heterocycles. The molecule has 0 saturated heterocycles. The summed E-state index contributed by atoms with van der Waals surface area (Å²) < 4.78 is 38.7. The third-order valence-corrected chi connectivity index (χ3v) is 9.30. The lowest BCUT2D eigenvalue weighted by Crippen LogP contribution is -2.29. The van der Waals surface area contributed by atoms with Crippen LogP contribution in [0, 0.1) is 0 Å². The van der Waals surface area contributed by atoms with Crippen molar-refractivity contribution in [1.82, 2.24) is 0 Å². The van der Waals surface area contributed by atoms with Gasteiger partial charge in [-0.1, -0.05) is 24.3 Å². The molecule has 2 aliphatic heterocycles. The highest BCUT2D eigenvalue weighted by Gasteiger charge is 2.30. The number of carbonyl (C=O) groups is 2. The monoisotopic (exact) mass is 583 g/mol. The van der Waals surface area contributed by atoms with Crippen LogP contribution in [0.25, 0.3) is 0 Å². The van der Waals surface area contributed by atoms with Crippen molar-refractivity contribution in [2.24, 2.45) is 0 Å². The highest BCUT2D eigenvalue weighted by molar-refractivity contribution is 7.92. The van der Waals surface area contributed by atoms with E-state index in [0.29, 0.717) is 47.9 Å². The van der Waals surface area contributed by atoms with Crippen molar-refractivity contribution in [2.75, 3.05) is 41.3 Å². The highest BCUT2D eigenvalue weighted by atomic mass is 32.2. The van der Waals surface area contributed by atoms with Crippen LogP contribution in [-0.2, 0) is 27.7 Å². The molecule has 0 aromatic heterocycles. The summed E-state index contributed by atoms with van der Waals surface area (Å²) in [7, 11) is -2.14. The molecular formula is C32H29N3O6S. The first-order valence-corrected chi connectivity index (χ1v) is 15.0. The lowest BCUT2D eigenvalue weighted by atomic mass is 10.1. The van der Waals surface area contributed by atoms with Crippen LogP contribution in [0.5, 0.6) is 11.5 Å². The van der Waals surface area contributed by atoms with Crippen LogP contribution in [0.15, 0.2) is 95.9 Å². The first-order valence-electron chi connectivity index (χ1n) is 13.6. The average Bonchev–Trinajstić information content (AvgIpc) is 3.65.